The van der Waals surface area contributed by atoms with Crippen LogP contribution in [0.4, 0.5) is 17.2 Å². The van der Waals surface area contributed by atoms with Crippen molar-refractivity contribution in [1.29, 1.82) is 0 Å². The molecular weight excluding hydrogens is 424 g/mol. The fraction of sp³-hybridized carbons (Fsp3) is 0.121. The minimum absolute atomic E-state index is 0.962. The molecule has 0 fully saturated rings. The number of fused-ring (bicyclic) bond motifs is 11. The quantitative estimate of drug-likeness (QED) is 0.240. The molecular formula is C33H22N2. The topological polar surface area (TPSA) is 16.1 Å². The number of rotatable bonds is 0. The molecule has 4 aromatic carbocycles. The van der Waals surface area contributed by atoms with E-state index in [0.717, 1.165) is 31.5 Å². The Kier molecular flexibility index (Phi) is 3.27. The van der Waals surface area contributed by atoms with E-state index in [1.807, 2.05) is 6.20 Å². The van der Waals surface area contributed by atoms with Gasteiger partial charge in [0.2, 0.25) is 0 Å². The first-order valence-corrected chi connectivity index (χ1v) is 12.6. The Labute approximate surface area is 204 Å². The Bertz CT molecular complexity index is 1750. The highest BCUT2D eigenvalue weighted by atomic mass is 15.2. The van der Waals surface area contributed by atoms with Gasteiger partial charge in [0.15, 0.2) is 0 Å². The molecule has 0 amide bonds. The first kappa shape index (κ1) is 18.2. The Hall–Kier alpha value is -4.17. The summed E-state index contributed by atoms with van der Waals surface area (Å²) in [5, 5.41) is 0. The Morgan fingerprint density at radius 2 is 1.20 bits per heavy atom. The molecule has 9 rings (SSSR count). The summed E-state index contributed by atoms with van der Waals surface area (Å²) < 4.78 is 0. The Balaban J connectivity index is 1.29. The largest absolute Gasteiger partial charge is 0.294 e. The van der Waals surface area contributed by atoms with Gasteiger partial charge in [0.1, 0.15) is 5.82 Å². The number of hydrogen-bond donors (Lipinski definition) is 0. The summed E-state index contributed by atoms with van der Waals surface area (Å²) in [6.07, 6.45) is 5.95. The summed E-state index contributed by atoms with van der Waals surface area (Å²) in [4.78, 5) is 7.31. The maximum absolute atomic E-state index is 4.87. The Morgan fingerprint density at radius 1 is 0.514 bits per heavy atom. The molecule has 0 radical (unpaired) electrons. The zero-order valence-electron chi connectivity index (χ0n) is 19.3. The fourth-order valence-electron chi connectivity index (χ4n) is 7.08. The van der Waals surface area contributed by atoms with Crippen LogP contribution in [0.3, 0.4) is 0 Å². The number of hydrogen-bond acceptors (Lipinski definition) is 2. The SMILES string of the molecule is c1ccc2c(c1)Cc1cc3c(cc1-2)Cc1c-3cc2c3c1Cc1cccnc1N3c1ccccc1C2. The highest BCUT2D eigenvalue weighted by molar-refractivity contribution is 5.94. The van der Waals surface area contributed by atoms with E-state index in [2.05, 4.69) is 83.8 Å². The molecule has 2 heteroatoms. The summed E-state index contributed by atoms with van der Waals surface area (Å²) in [6.45, 7) is 0. The number of benzene rings is 4. The van der Waals surface area contributed by atoms with Crippen LogP contribution in [0.2, 0.25) is 0 Å². The minimum atomic E-state index is 0.962. The van der Waals surface area contributed by atoms with Crippen LogP contribution < -0.4 is 4.90 Å². The zero-order chi connectivity index (χ0) is 22.7. The van der Waals surface area contributed by atoms with Crippen molar-refractivity contribution >= 4 is 17.2 Å². The van der Waals surface area contributed by atoms with Gasteiger partial charge in [-0.2, -0.15) is 0 Å². The van der Waals surface area contributed by atoms with Crippen LogP contribution in [-0.4, -0.2) is 4.98 Å². The van der Waals surface area contributed by atoms with Crippen molar-refractivity contribution in [3.8, 4) is 22.3 Å². The maximum atomic E-state index is 4.87. The fourth-order valence-corrected chi connectivity index (χ4v) is 7.08. The van der Waals surface area contributed by atoms with Crippen molar-refractivity contribution in [2.45, 2.75) is 25.7 Å². The molecule has 0 spiro atoms. The van der Waals surface area contributed by atoms with Gasteiger partial charge in [-0.3, -0.25) is 4.90 Å². The first-order valence-electron chi connectivity index (χ1n) is 12.6. The molecule has 4 aliphatic rings. The normalized spacial score (nSPS) is 14.9. The molecule has 2 nitrogen and oxygen atoms in total. The van der Waals surface area contributed by atoms with Crippen molar-refractivity contribution in [1.82, 2.24) is 4.98 Å². The molecule has 2 aliphatic heterocycles. The summed E-state index contributed by atoms with van der Waals surface area (Å²) in [5.41, 5.74) is 20.0. The Morgan fingerprint density at radius 3 is 2.14 bits per heavy atom. The minimum Gasteiger partial charge on any atom is -0.294 e. The van der Waals surface area contributed by atoms with E-state index in [1.54, 1.807) is 0 Å². The number of pyridine rings is 1. The summed E-state index contributed by atoms with van der Waals surface area (Å²) in [7, 11) is 0. The highest BCUT2D eigenvalue weighted by Gasteiger charge is 2.37. The lowest BCUT2D eigenvalue weighted by molar-refractivity contribution is 0.968. The summed E-state index contributed by atoms with van der Waals surface area (Å²) in [6, 6.07) is 29.6. The molecule has 0 atom stereocenters. The molecule has 0 saturated heterocycles. The van der Waals surface area contributed by atoms with Gasteiger partial charge >= 0.3 is 0 Å². The van der Waals surface area contributed by atoms with E-state index in [-0.39, 0.29) is 0 Å². The van der Waals surface area contributed by atoms with Crippen molar-refractivity contribution in [2.24, 2.45) is 0 Å². The molecule has 0 saturated carbocycles. The predicted octanol–water partition coefficient (Wildman–Crippen LogP) is 7.50. The van der Waals surface area contributed by atoms with E-state index in [4.69, 9.17) is 4.98 Å². The van der Waals surface area contributed by atoms with Crippen LogP contribution in [0.1, 0.15) is 44.5 Å². The lowest BCUT2D eigenvalue weighted by Gasteiger charge is -2.39. The van der Waals surface area contributed by atoms with Crippen molar-refractivity contribution < 1.29 is 0 Å². The van der Waals surface area contributed by atoms with Crippen molar-refractivity contribution in [3.63, 3.8) is 0 Å². The van der Waals surface area contributed by atoms with Crippen LogP contribution in [-0.2, 0) is 25.7 Å². The second kappa shape index (κ2) is 6.28. The van der Waals surface area contributed by atoms with Crippen LogP contribution in [0.5, 0.6) is 0 Å². The second-order valence-electron chi connectivity index (χ2n) is 10.4. The van der Waals surface area contributed by atoms with E-state index in [9.17, 15) is 0 Å². The standard InChI is InChI=1S/C33H22N2/c1-3-9-25-19(6-1)12-22-15-27-23(16-26(22)25)17-29-28(27)18-24-13-20-7-2-4-10-31(20)35-32(24)30(29)14-21-8-5-11-34-33(21)35/h1-11,15-16,18H,12-14,17H2. The van der Waals surface area contributed by atoms with E-state index in [1.165, 1.54) is 78.1 Å². The smallest absolute Gasteiger partial charge is 0.141 e. The predicted molar refractivity (Wildman–Crippen MR) is 141 cm³/mol. The van der Waals surface area contributed by atoms with Gasteiger partial charge in [0.05, 0.1) is 11.4 Å². The van der Waals surface area contributed by atoms with Crippen LogP contribution >= 0.6 is 0 Å². The number of aromatic nitrogens is 1. The molecule has 1 aromatic heterocycles. The van der Waals surface area contributed by atoms with Crippen LogP contribution in [0.15, 0.2) is 85.1 Å². The van der Waals surface area contributed by atoms with E-state index < -0.39 is 0 Å². The third kappa shape index (κ3) is 2.27. The summed E-state index contributed by atoms with van der Waals surface area (Å²) >= 11 is 0. The third-order valence-corrected chi connectivity index (χ3v) is 8.56. The van der Waals surface area contributed by atoms with E-state index >= 15 is 0 Å². The maximum Gasteiger partial charge on any atom is 0.141 e. The molecule has 0 unspecified atom stereocenters. The van der Waals surface area contributed by atoms with Crippen LogP contribution in [0, 0.1) is 0 Å². The first-order chi connectivity index (χ1) is 17.3. The van der Waals surface area contributed by atoms with Crippen molar-refractivity contribution in [2.75, 3.05) is 4.90 Å². The van der Waals surface area contributed by atoms with Crippen LogP contribution in [0.25, 0.3) is 22.3 Å². The second-order valence-corrected chi connectivity index (χ2v) is 10.4. The van der Waals surface area contributed by atoms with Gasteiger partial charge in [-0.1, -0.05) is 48.5 Å². The van der Waals surface area contributed by atoms with Gasteiger partial charge in [0, 0.05) is 19.0 Å². The molecule has 0 N–H and O–H groups in total. The number of anilines is 3. The molecule has 0 bridgehead atoms. The zero-order valence-corrected chi connectivity index (χ0v) is 19.3. The molecule has 2 aliphatic carbocycles. The average molecular weight is 447 g/mol. The van der Waals surface area contributed by atoms with Crippen molar-refractivity contribution in [3.05, 3.63) is 130 Å². The van der Waals surface area contributed by atoms with Gasteiger partial charge in [0.25, 0.3) is 0 Å². The monoisotopic (exact) mass is 446 g/mol. The lowest BCUT2D eigenvalue weighted by atomic mass is 9.83. The van der Waals surface area contributed by atoms with E-state index in [0.29, 0.717) is 0 Å². The lowest BCUT2D eigenvalue weighted by Crippen LogP contribution is -2.26. The molecule has 3 heterocycles. The van der Waals surface area contributed by atoms with Gasteiger partial charge < -0.3 is 0 Å². The molecule has 35 heavy (non-hydrogen) atoms. The highest BCUT2D eigenvalue weighted by Crippen LogP contribution is 2.54. The average Bonchev–Trinajstić information content (AvgIpc) is 3.44. The molecule has 5 aromatic rings. The number of para-hydroxylation sites is 1. The molecule has 164 valence electrons. The van der Waals surface area contributed by atoms with Gasteiger partial charge in [-0.05, 0) is 110 Å². The van der Waals surface area contributed by atoms with Gasteiger partial charge in [-0.25, -0.2) is 4.98 Å². The number of nitrogens with zero attached hydrogens (tertiary/aromatic N) is 2. The van der Waals surface area contributed by atoms with Gasteiger partial charge in [-0.15, -0.1) is 0 Å². The third-order valence-electron chi connectivity index (χ3n) is 8.56. The summed E-state index contributed by atoms with van der Waals surface area (Å²) in [5.74, 6) is 1.10.